The Kier molecular flexibility index (Phi) is 5.57. The average Bonchev–Trinajstić information content (AvgIpc) is 3.16. The molecule has 2 aromatic heterocycles. The second kappa shape index (κ2) is 8.44. The molecule has 1 aromatic carbocycles. The van der Waals surface area contributed by atoms with Crippen LogP contribution >= 0.6 is 0 Å². The number of H-pyrrole nitrogens is 1. The molecule has 9 heteroatoms. The summed E-state index contributed by atoms with van der Waals surface area (Å²) in [6.07, 6.45) is 7.11. The van der Waals surface area contributed by atoms with Gasteiger partial charge in [-0.2, -0.15) is 0 Å². The average molecular weight is 396 g/mol. The third-order valence-electron chi connectivity index (χ3n) is 5.43. The van der Waals surface area contributed by atoms with E-state index in [-0.39, 0.29) is 10.6 Å². The topological polar surface area (TPSA) is 100 Å². The van der Waals surface area contributed by atoms with Crippen molar-refractivity contribution in [1.29, 1.82) is 0 Å². The van der Waals surface area contributed by atoms with E-state index in [0.717, 1.165) is 67.8 Å². The number of rotatable bonds is 7. The van der Waals surface area contributed by atoms with Crippen molar-refractivity contribution < 1.29 is 9.66 Å². The number of nitrogens with one attached hydrogen (secondary N) is 1. The molecule has 9 nitrogen and oxygen atoms in total. The Hall–Kier alpha value is -3.20. The van der Waals surface area contributed by atoms with Crippen molar-refractivity contribution in [2.24, 2.45) is 0 Å². The van der Waals surface area contributed by atoms with Crippen molar-refractivity contribution in [1.82, 2.24) is 19.9 Å². The van der Waals surface area contributed by atoms with Gasteiger partial charge in [0.2, 0.25) is 0 Å². The standard InChI is InChI=1S/C20H24N6O3/c1-29-19-13-21-14-23-20(19)25-9-7-24(8-10-25)6-2-3-15-12-22-18-5-4-16(26(27)28)11-17(15)18/h4-5,11-14,22H,2-3,6-10H2,1H3. The Morgan fingerprint density at radius 2 is 2.10 bits per heavy atom. The quantitative estimate of drug-likeness (QED) is 0.484. The van der Waals surface area contributed by atoms with Crippen molar-refractivity contribution in [2.45, 2.75) is 12.8 Å². The molecule has 0 unspecified atom stereocenters. The molecule has 1 N–H and O–H groups in total. The highest BCUT2D eigenvalue weighted by Crippen LogP contribution is 2.26. The summed E-state index contributed by atoms with van der Waals surface area (Å²) < 4.78 is 5.36. The number of anilines is 1. The summed E-state index contributed by atoms with van der Waals surface area (Å²) in [6, 6.07) is 4.97. The summed E-state index contributed by atoms with van der Waals surface area (Å²) in [7, 11) is 1.64. The predicted octanol–water partition coefficient (Wildman–Crippen LogP) is 2.63. The molecule has 1 aliphatic rings. The van der Waals surface area contributed by atoms with Crippen LogP contribution in [0.25, 0.3) is 10.9 Å². The van der Waals surface area contributed by atoms with Crippen molar-refractivity contribution in [3.63, 3.8) is 0 Å². The minimum Gasteiger partial charge on any atom is -0.491 e. The summed E-state index contributed by atoms with van der Waals surface area (Å²) in [5, 5.41) is 12.0. The largest absolute Gasteiger partial charge is 0.491 e. The number of aromatic amines is 1. The third-order valence-corrected chi connectivity index (χ3v) is 5.43. The summed E-state index contributed by atoms with van der Waals surface area (Å²) in [5.41, 5.74) is 2.21. The van der Waals surface area contributed by atoms with Gasteiger partial charge < -0.3 is 14.6 Å². The number of hydrogen-bond donors (Lipinski definition) is 1. The summed E-state index contributed by atoms with van der Waals surface area (Å²) in [6.45, 7) is 4.72. The van der Waals surface area contributed by atoms with Gasteiger partial charge in [-0.05, 0) is 31.0 Å². The maximum atomic E-state index is 11.0. The lowest BCUT2D eigenvalue weighted by Crippen LogP contribution is -2.47. The smallest absolute Gasteiger partial charge is 0.270 e. The van der Waals surface area contributed by atoms with Gasteiger partial charge in [-0.15, -0.1) is 0 Å². The first-order chi connectivity index (χ1) is 14.2. The van der Waals surface area contributed by atoms with E-state index in [4.69, 9.17) is 4.74 Å². The fraction of sp³-hybridized carbons (Fsp3) is 0.400. The highest BCUT2D eigenvalue weighted by atomic mass is 16.6. The number of aryl methyl sites for hydroxylation is 1. The van der Waals surface area contributed by atoms with Crippen LogP contribution in [-0.2, 0) is 6.42 Å². The lowest BCUT2D eigenvalue weighted by atomic mass is 10.1. The predicted molar refractivity (Wildman–Crippen MR) is 111 cm³/mol. The fourth-order valence-corrected chi connectivity index (χ4v) is 3.86. The van der Waals surface area contributed by atoms with Crippen LogP contribution in [0.5, 0.6) is 5.75 Å². The van der Waals surface area contributed by atoms with Crippen LogP contribution in [0.3, 0.4) is 0 Å². The van der Waals surface area contributed by atoms with Crippen LogP contribution in [-0.4, -0.2) is 64.6 Å². The van der Waals surface area contributed by atoms with Crippen molar-refractivity contribution in [2.75, 3.05) is 44.7 Å². The molecule has 29 heavy (non-hydrogen) atoms. The number of hydrogen-bond acceptors (Lipinski definition) is 7. The van der Waals surface area contributed by atoms with Crippen LogP contribution in [0, 0.1) is 10.1 Å². The molecule has 0 spiro atoms. The number of methoxy groups -OCH3 is 1. The Morgan fingerprint density at radius 3 is 2.86 bits per heavy atom. The molecule has 4 rings (SSSR count). The first kappa shape index (κ1) is 19.1. The lowest BCUT2D eigenvalue weighted by Gasteiger charge is -2.35. The van der Waals surface area contributed by atoms with Crippen LogP contribution in [0.1, 0.15) is 12.0 Å². The maximum absolute atomic E-state index is 11.0. The monoisotopic (exact) mass is 396 g/mol. The molecule has 3 aromatic rings. The Morgan fingerprint density at radius 1 is 1.28 bits per heavy atom. The van der Waals surface area contributed by atoms with Gasteiger partial charge in [0.1, 0.15) is 6.33 Å². The number of fused-ring (bicyclic) bond motifs is 1. The first-order valence-electron chi connectivity index (χ1n) is 9.71. The zero-order chi connectivity index (χ0) is 20.2. The SMILES string of the molecule is COc1cncnc1N1CCN(CCCc2c[nH]c3ccc([N+](=O)[O-])cc23)CC1. The molecule has 0 amide bonds. The van der Waals surface area contributed by atoms with Gasteiger partial charge in [0.15, 0.2) is 11.6 Å². The number of piperazine rings is 1. The number of nitro groups is 1. The normalized spacial score (nSPS) is 15.0. The van der Waals surface area contributed by atoms with Gasteiger partial charge in [0.05, 0.1) is 18.2 Å². The maximum Gasteiger partial charge on any atom is 0.270 e. The van der Waals surface area contributed by atoms with Gasteiger partial charge in [0.25, 0.3) is 5.69 Å². The molecule has 1 saturated heterocycles. The highest BCUT2D eigenvalue weighted by molar-refractivity contribution is 5.85. The van der Waals surface area contributed by atoms with Crippen LogP contribution in [0.4, 0.5) is 11.5 Å². The number of aromatic nitrogens is 3. The van der Waals surface area contributed by atoms with Crippen LogP contribution < -0.4 is 9.64 Å². The lowest BCUT2D eigenvalue weighted by molar-refractivity contribution is -0.384. The summed E-state index contributed by atoms with van der Waals surface area (Å²) in [4.78, 5) is 27.0. The van der Waals surface area contributed by atoms with E-state index in [2.05, 4.69) is 24.8 Å². The molecular formula is C20H24N6O3. The van der Waals surface area contributed by atoms with Gasteiger partial charge in [-0.1, -0.05) is 0 Å². The van der Waals surface area contributed by atoms with E-state index in [1.165, 1.54) is 6.07 Å². The number of nitrogens with zero attached hydrogens (tertiary/aromatic N) is 5. The van der Waals surface area contributed by atoms with Crippen molar-refractivity contribution in [3.8, 4) is 5.75 Å². The molecule has 152 valence electrons. The molecular weight excluding hydrogens is 372 g/mol. The second-order valence-electron chi connectivity index (χ2n) is 7.15. The Bertz CT molecular complexity index is 997. The van der Waals surface area contributed by atoms with Gasteiger partial charge in [0, 0.05) is 55.4 Å². The molecule has 1 aliphatic heterocycles. The molecule has 0 bridgehead atoms. The number of benzene rings is 1. The number of nitro benzene ring substituents is 1. The third kappa shape index (κ3) is 4.14. The molecule has 0 aliphatic carbocycles. The summed E-state index contributed by atoms with van der Waals surface area (Å²) in [5.74, 6) is 1.55. The highest BCUT2D eigenvalue weighted by Gasteiger charge is 2.20. The van der Waals surface area contributed by atoms with Crippen LogP contribution in [0.2, 0.25) is 0 Å². The van der Waals surface area contributed by atoms with E-state index in [9.17, 15) is 10.1 Å². The Labute approximate surface area is 168 Å². The van der Waals surface area contributed by atoms with E-state index in [1.807, 2.05) is 6.20 Å². The van der Waals surface area contributed by atoms with E-state index in [1.54, 1.807) is 31.8 Å². The molecule has 0 atom stereocenters. The van der Waals surface area contributed by atoms with E-state index in [0.29, 0.717) is 5.75 Å². The van der Waals surface area contributed by atoms with Crippen molar-refractivity contribution >= 4 is 22.4 Å². The molecule has 0 saturated carbocycles. The Balaban J connectivity index is 1.31. The van der Waals surface area contributed by atoms with E-state index < -0.39 is 0 Å². The van der Waals surface area contributed by atoms with Gasteiger partial charge >= 0.3 is 0 Å². The minimum absolute atomic E-state index is 0.134. The van der Waals surface area contributed by atoms with Crippen LogP contribution in [0.15, 0.2) is 36.9 Å². The second-order valence-corrected chi connectivity index (χ2v) is 7.15. The molecule has 3 heterocycles. The zero-order valence-corrected chi connectivity index (χ0v) is 16.4. The van der Waals surface area contributed by atoms with Gasteiger partial charge in [-0.25, -0.2) is 9.97 Å². The summed E-state index contributed by atoms with van der Waals surface area (Å²) >= 11 is 0. The number of ether oxygens (including phenoxy) is 1. The molecule has 1 fully saturated rings. The van der Waals surface area contributed by atoms with Gasteiger partial charge in [-0.3, -0.25) is 15.0 Å². The zero-order valence-electron chi connectivity index (χ0n) is 16.4. The minimum atomic E-state index is -0.345. The molecule has 0 radical (unpaired) electrons. The number of non-ortho nitro benzene ring substituents is 1. The fourth-order valence-electron chi connectivity index (χ4n) is 3.86. The van der Waals surface area contributed by atoms with Crippen molar-refractivity contribution in [3.05, 3.63) is 52.6 Å². The van der Waals surface area contributed by atoms with E-state index >= 15 is 0 Å². The first-order valence-corrected chi connectivity index (χ1v) is 9.71.